The van der Waals surface area contributed by atoms with Crippen molar-refractivity contribution in [1.29, 1.82) is 0 Å². The third-order valence-corrected chi connectivity index (χ3v) is 7.68. The molecule has 2 unspecified atom stereocenters. The summed E-state index contributed by atoms with van der Waals surface area (Å²) in [6, 6.07) is 15.5. The van der Waals surface area contributed by atoms with Crippen molar-refractivity contribution in [2.75, 3.05) is 0 Å². The van der Waals surface area contributed by atoms with Gasteiger partial charge in [-0.2, -0.15) is 0 Å². The molecule has 4 aromatic rings. The monoisotopic (exact) mass is 449 g/mol. The van der Waals surface area contributed by atoms with Crippen molar-refractivity contribution in [3.63, 3.8) is 0 Å². The number of allylic oxidation sites excluding steroid dienone is 2. The highest BCUT2D eigenvalue weighted by Gasteiger charge is 2.29. The van der Waals surface area contributed by atoms with Gasteiger partial charge in [0.05, 0.1) is 5.69 Å². The number of ether oxygens (including phenoxy) is 1. The van der Waals surface area contributed by atoms with E-state index in [1.54, 1.807) is 11.3 Å². The van der Waals surface area contributed by atoms with Crippen molar-refractivity contribution in [3.8, 4) is 11.3 Å². The fourth-order valence-corrected chi connectivity index (χ4v) is 5.94. The molecule has 2 nitrogen and oxygen atoms in total. The zero-order valence-corrected chi connectivity index (χ0v) is 20.2. The lowest BCUT2D eigenvalue weighted by Gasteiger charge is -2.23. The number of pyridine rings is 1. The number of fused-ring (bicyclic) bond motifs is 3. The lowest BCUT2D eigenvalue weighted by atomic mass is 9.82. The van der Waals surface area contributed by atoms with Gasteiger partial charge in [0.2, 0.25) is 0 Å². The van der Waals surface area contributed by atoms with E-state index in [0.29, 0.717) is 5.92 Å². The maximum Gasteiger partial charge on any atom is 0.127 e. The van der Waals surface area contributed by atoms with Crippen LogP contribution in [0, 0.1) is 12.8 Å². The van der Waals surface area contributed by atoms with Gasteiger partial charge >= 0.3 is 0 Å². The summed E-state index contributed by atoms with van der Waals surface area (Å²) in [6.07, 6.45) is 10.9. The Balaban J connectivity index is 1.57. The molecule has 0 radical (unpaired) electrons. The van der Waals surface area contributed by atoms with E-state index in [1.165, 1.54) is 27.3 Å². The Morgan fingerprint density at radius 3 is 2.64 bits per heavy atom. The Morgan fingerprint density at radius 2 is 1.82 bits per heavy atom. The van der Waals surface area contributed by atoms with Crippen LogP contribution in [0.25, 0.3) is 38.0 Å². The maximum absolute atomic E-state index is 6.42. The summed E-state index contributed by atoms with van der Waals surface area (Å²) in [6.45, 7) is 9.01. The fraction of sp³-hybridized carbons (Fsp3) is 0.233. The molecule has 0 spiro atoms. The van der Waals surface area contributed by atoms with Crippen LogP contribution in [0.3, 0.4) is 0 Å². The normalized spacial score (nSPS) is 19.7. The van der Waals surface area contributed by atoms with Crippen molar-refractivity contribution in [2.45, 2.75) is 39.2 Å². The largest absolute Gasteiger partial charge is 0.485 e. The summed E-state index contributed by atoms with van der Waals surface area (Å²) in [5.41, 5.74) is 5.94. The van der Waals surface area contributed by atoms with Crippen LogP contribution in [0.2, 0.25) is 0 Å². The van der Waals surface area contributed by atoms with Crippen LogP contribution in [0.5, 0.6) is 0 Å². The molecule has 0 fully saturated rings. The first-order valence-corrected chi connectivity index (χ1v) is 12.4. The molecule has 2 aromatic heterocycles. The Hall–Kier alpha value is -3.17. The number of aryl methyl sites for hydroxylation is 1. The molecule has 33 heavy (non-hydrogen) atoms. The minimum absolute atomic E-state index is 0.0352. The van der Waals surface area contributed by atoms with Gasteiger partial charge in [0.25, 0.3) is 0 Å². The zero-order valence-electron chi connectivity index (χ0n) is 19.4. The van der Waals surface area contributed by atoms with E-state index >= 15 is 0 Å². The Kier molecular flexibility index (Phi) is 4.60. The maximum atomic E-state index is 6.42. The second-order valence-electron chi connectivity index (χ2n) is 10.1. The number of thiophene rings is 1. The van der Waals surface area contributed by atoms with Crippen LogP contribution in [0.4, 0.5) is 0 Å². The minimum atomic E-state index is 0.0352. The molecule has 0 saturated carbocycles. The summed E-state index contributed by atoms with van der Waals surface area (Å²) in [5.74, 6) is 1.26. The van der Waals surface area contributed by atoms with Crippen LogP contribution < -0.4 is 0 Å². The first kappa shape index (κ1) is 20.4. The third-order valence-electron chi connectivity index (χ3n) is 6.69. The number of hydrogen-bond acceptors (Lipinski definition) is 3. The highest BCUT2D eigenvalue weighted by Crippen LogP contribution is 2.41. The van der Waals surface area contributed by atoms with Gasteiger partial charge in [0, 0.05) is 22.4 Å². The number of benzene rings is 2. The smallest absolute Gasteiger partial charge is 0.127 e. The first-order chi connectivity index (χ1) is 15.9. The van der Waals surface area contributed by atoms with Gasteiger partial charge in [-0.1, -0.05) is 63.3 Å². The zero-order chi connectivity index (χ0) is 22.7. The summed E-state index contributed by atoms with van der Waals surface area (Å²) < 4.78 is 6.42. The molecule has 164 valence electrons. The van der Waals surface area contributed by atoms with Crippen LogP contribution in [0.1, 0.15) is 37.5 Å². The van der Waals surface area contributed by atoms with Crippen LogP contribution in [0.15, 0.2) is 78.2 Å². The average Bonchev–Trinajstić information content (AvgIpc) is 3.41. The van der Waals surface area contributed by atoms with Gasteiger partial charge in [-0.25, -0.2) is 4.98 Å². The van der Waals surface area contributed by atoms with E-state index in [1.807, 2.05) is 0 Å². The van der Waals surface area contributed by atoms with Crippen molar-refractivity contribution < 1.29 is 4.74 Å². The van der Waals surface area contributed by atoms with Gasteiger partial charge in [-0.05, 0) is 70.0 Å². The molecule has 1 aliphatic heterocycles. The van der Waals surface area contributed by atoms with Crippen molar-refractivity contribution >= 4 is 38.1 Å². The number of aromatic nitrogens is 1. The summed E-state index contributed by atoms with van der Waals surface area (Å²) in [5, 5.41) is 5.97. The molecule has 2 atom stereocenters. The van der Waals surface area contributed by atoms with E-state index in [9.17, 15) is 0 Å². The SMILES string of the molecule is Cc1csc2nc(-c3cc(C(C)(C)C)c4ccccc4c3)cc(C3=CC4C=CC=CC4O3)c12. The third kappa shape index (κ3) is 3.43. The van der Waals surface area contributed by atoms with Gasteiger partial charge < -0.3 is 4.74 Å². The molecule has 3 heterocycles. The van der Waals surface area contributed by atoms with Crippen LogP contribution in [-0.4, -0.2) is 11.1 Å². The van der Waals surface area contributed by atoms with E-state index < -0.39 is 0 Å². The molecule has 3 heteroatoms. The fourth-order valence-electron chi connectivity index (χ4n) is 5.00. The van der Waals surface area contributed by atoms with Crippen molar-refractivity contribution in [2.24, 2.45) is 5.92 Å². The summed E-state index contributed by atoms with van der Waals surface area (Å²) >= 11 is 1.71. The predicted octanol–water partition coefficient (Wildman–Crippen LogP) is 8.20. The van der Waals surface area contributed by atoms with Crippen LogP contribution in [-0.2, 0) is 10.2 Å². The standard InChI is InChI=1S/C30H27NOS/c1-18-17-33-29-28(18)23(27-15-20-10-6-8-12-26(20)32-27)16-25(31-29)21-13-19-9-5-7-11-22(19)24(14-21)30(2,3)4/h5-17,20,26H,1-4H3. The van der Waals surface area contributed by atoms with E-state index in [4.69, 9.17) is 9.72 Å². The summed E-state index contributed by atoms with van der Waals surface area (Å²) in [7, 11) is 0. The van der Waals surface area contributed by atoms with Gasteiger partial charge in [0.1, 0.15) is 16.7 Å². The number of nitrogens with zero attached hydrogens (tertiary/aromatic N) is 1. The molecule has 0 bridgehead atoms. The molecular weight excluding hydrogens is 422 g/mol. The molecule has 0 N–H and O–H groups in total. The lowest BCUT2D eigenvalue weighted by Crippen LogP contribution is -2.13. The van der Waals surface area contributed by atoms with Gasteiger partial charge in [-0.3, -0.25) is 0 Å². The average molecular weight is 450 g/mol. The second kappa shape index (κ2) is 7.43. The molecule has 2 aliphatic rings. The van der Waals surface area contributed by atoms with Gasteiger partial charge in [0.15, 0.2) is 0 Å². The Labute approximate surface area is 198 Å². The quantitative estimate of drug-likeness (QED) is 0.308. The topological polar surface area (TPSA) is 22.1 Å². The number of hydrogen-bond donors (Lipinski definition) is 0. The molecule has 2 aromatic carbocycles. The molecule has 1 aliphatic carbocycles. The molecule has 0 amide bonds. The van der Waals surface area contributed by atoms with Gasteiger partial charge in [-0.15, -0.1) is 11.3 Å². The van der Waals surface area contributed by atoms with Crippen molar-refractivity contribution in [1.82, 2.24) is 4.98 Å². The highest BCUT2D eigenvalue weighted by atomic mass is 32.1. The minimum Gasteiger partial charge on any atom is -0.485 e. The highest BCUT2D eigenvalue weighted by molar-refractivity contribution is 7.17. The first-order valence-electron chi connectivity index (χ1n) is 11.5. The molecule has 0 saturated heterocycles. The number of rotatable bonds is 2. The Morgan fingerprint density at radius 1 is 1.00 bits per heavy atom. The summed E-state index contributed by atoms with van der Waals surface area (Å²) in [4.78, 5) is 6.19. The lowest BCUT2D eigenvalue weighted by molar-refractivity contribution is 0.213. The predicted molar refractivity (Wildman–Crippen MR) is 141 cm³/mol. The van der Waals surface area contributed by atoms with E-state index in [2.05, 4.69) is 106 Å². The Bertz CT molecular complexity index is 1500. The second-order valence-corrected chi connectivity index (χ2v) is 11.0. The van der Waals surface area contributed by atoms with E-state index in [-0.39, 0.29) is 11.5 Å². The van der Waals surface area contributed by atoms with Crippen molar-refractivity contribution in [3.05, 3.63) is 94.9 Å². The molecular formula is C30H27NOS. The molecule has 6 rings (SSSR count). The van der Waals surface area contributed by atoms with Crippen LogP contribution >= 0.6 is 11.3 Å². The van der Waals surface area contributed by atoms with E-state index in [0.717, 1.165) is 27.4 Å².